The SMILES string of the molecule is NC(=O)C1CCc2c1c1c(OCC(=O)O)cccc1n2Cc1ccsc1. The van der Waals surface area contributed by atoms with E-state index < -0.39 is 12.6 Å². The topological polar surface area (TPSA) is 94.6 Å². The molecule has 0 saturated heterocycles. The minimum atomic E-state index is -1.04. The lowest BCUT2D eigenvalue weighted by Crippen LogP contribution is -2.19. The Morgan fingerprint density at radius 2 is 2.19 bits per heavy atom. The molecule has 1 aliphatic rings. The molecule has 4 rings (SSSR count). The third kappa shape index (κ3) is 2.74. The second-order valence-corrected chi connectivity index (χ2v) is 7.18. The van der Waals surface area contributed by atoms with Gasteiger partial charge in [-0.05, 0) is 52.9 Å². The van der Waals surface area contributed by atoms with Crippen molar-refractivity contribution >= 4 is 34.1 Å². The van der Waals surface area contributed by atoms with Gasteiger partial charge in [-0.3, -0.25) is 4.79 Å². The van der Waals surface area contributed by atoms with E-state index >= 15 is 0 Å². The van der Waals surface area contributed by atoms with E-state index in [0.717, 1.165) is 28.6 Å². The number of nitrogens with two attached hydrogens (primary N) is 1. The fourth-order valence-electron chi connectivity index (χ4n) is 3.81. The third-order valence-corrected chi connectivity index (χ3v) is 5.57. The highest BCUT2D eigenvalue weighted by Gasteiger charge is 2.34. The summed E-state index contributed by atoms with van der Waals surface area (Å²) in [5, 5.41) is 13.9. The van der Waals surface area contributed by atoms with E-state index in [-0.39, 0.29) is 11.8 Å². The fourth-order valence-corrected chi connectivity index (χ4v) is 4.47. The minimum Gasteiger partial charge on any atom is -0.481 e. The van der Waals surface area contributed by atoms with Crippen molar-refractivity contribution in [1.82, 2.24) is 4.57 Å². The number of amides is 1. The van der Waals surface area contributed by atoms with Gasteiger partial charge < -0.3 is 20.1 Å². The van der Waals surface area contributed by atoms with Crippen molar-refractivity contribution < 1.29 is 19.4 Å². The number of aromatic nitrogens is 1. The summed E-state index contributed by atoms with van der Waals surface area (Å²) in [5.41, 5.74) is 9.75. The lowest BCUT2D eigenvalue weighted by Gasteiger charge is -2.11. The minimum absolute atomic E-state index is 0.355. The van der Waals surface area contributed by atoms with Crippen molar-refractivity contribution in [2.45, 2.75) is 25.3 Å². The number of ether oxygens (including phenoxy) is 1. The first kappa shape index (κ1) is 16.7. The lowest BCUT2D eigenvalue weighted by molar-refractivity contribution is -0.139. The van der Waals surface area contributed by atoms with Crippen molar-refractivity contribution in [3.8, 4) is 5.75 Å². The van der Waals surface area contributed by atoms with Gasteiger partial charge in [-0.15, -0.1) is 0 Å². The van der Waals surface area contributed by atoms with Gasteiger partial charge in [0.25, 0.3) is 0 Å². The normalized spacial score (nSPS) is 15.9. The lowest BCUT2D eigenvalue weighted by atomic mass is 9.99. The smallest absolute Gasteiger partial charge is 0.341 e. The summed E-state index contributed by atoms with van der Waals surface area (Å²) in [4.78, 5) is 22.9. The van der Waals surface area contributed by atoms with Crippen molar-refractivity contribution in [3.05, 3.63) is 51.8 Å². The van der Waals surface area contributed by atoms with Crippen LogP contribution in [0.3, 0.4) is 0 Å². The highest BCUT2D eigenvalue weighted by atomic mass is 32.1. The van der Waals surface area contributed by atoms with Crippen LogP contribution in [0.15, 0.2) is 35.0 Å². The summed E-state index contributed by atoms with van der Waals surface area (Å²) in [7, 11) is 0. The number of carboxylic acid groups (broad SMARTS) is 1. The Morgan fingerprint density at radius 1 is 1.35 bits per heavy atom. The Labute approximate surface area is 153 Å². The van der Waals surface area contributed by atoms with Gasteiger partial charge in [-0.1, -0.05) is 6.07 Å². The predicted molar refractivity (Wildman–Crippen MR) is 98.7 cm³/mol. The van der Waals surface area contributed by atoms with Gasteiger partial charge in [0.2, 0.25) is 5.91 Å². The Balaban J connectivity index is 1.91. The number of fused-ring (bicyclic) bond motifs is 3. The number of carbonyl (C=O) groups is 2. The van der Waals surface area contributed by atoms with Gasteiger partial charge in [0.05, 0.1) is 11.4 Å². The Bertz CT molecular complexity index is 991. The Kier molecular flexibility index (Phi) is 4.16. The van der Waals surface area contributed by atoms with Crippen LogP contribution in [0.1, 0.15) is 29.2 Å². The molecule has 1 aliphatic carbocycles. The predicted octanol–water partition coefficient (Wildman–Crippen LogP) is 2.73. The molecule has 0 radical (unpaired) electrons. The van der Waals surface area contributed by atoms with Crippen LogP contribution in [-0.2, 0) is 22.6 Å². The maximum absolute atomic E-state index is 12.0. The largest absolute Gasteiger partial charge is 0.481 e. The number of nitrogens with zero attached hydrogens (tertiary/aromatic N) is 1. The average Bonchev–Trinajstić information content (AvgIpc) is 3.31. The molecule has 6 nitrogen and oxygen atoms in total. The number of hydrogen-bond donors (Lipinski definition) is 2. The van der Waals surface area contributed by atoms with Crippen molar-refractivity contribution in [2.24, 2.45) is 5.73 Å². The first-order chi connectivity index (χ1) is 12.6. The molecule has 134 valence electrons. The van der Waals surface area contributed by atoms with E-state index in [9.17, 15) is 9.59 Å². The number of carboxylic acids is 1. The monoisotopic (exact) mass is 370 g/mol. The standard InChI is InChI=1S/C19H18N2O4S/c20-19(24)12-4-5-14-17(12)18-13(21(14)8-11-6-7-26-10-11)2-1-3-15(18)25-9-16(22)23/h1-3,6-7,10,12H,4-5,8-9H2,(H2,20,24)(H,22,23). The Hall–Kier alpha value is -2.80. The molecule has 1 unspecified atom stereocenters. The molecule has 1 atom stereocenters. The molecule has 0 fully saturated rings. The second kappa shape index (κ2) is 6.49. The average molecular weight is 370 g/mol. The van der Waals surface area contributed by atoms with E-state index in [1.165, 1.54) is 5.56 Å². The maximum Gasteiger partial charge on any atom is 0.341 e. The number of thiophene rings is 1. The molecular weight excluding hydrogens is 352 g/mol. The number of carbonyl (C=O) groups excluding carboxylic acids is 1. The summed E-state index contributed by atoms with van der Waals surface area (Å²) in [6.07, 6.45) is 1.44. The van der Waals surface area contributed by atoms with E-state index in [4.69, 9.17) is 15.6 Å². The van der Waals surface area contributed by atoms with Gasteiger partial charge in [-0.2, -0.15) is 11.3 Å². The summed E-state index contributed by atoms with van der Waals surface area (Å²) >= 11 is 1.64. The number of rotatable bonds is 6. The molecule has 3 aromatic rings. The van der Waals surface area contributed by atoms with Crippen LogP contribution in [0.25, 0.3) is 10.9 Å². The van der Waals surface area contributed by atoms with Crippen molar-refractivity contribution in [2.75, 3.05) is 6.61 Å². The van der Waals surface area contributed by atoms with Crippen LogP contribution in [0.2, 0.25) is 0 Å². The van der Waals surface area contributed by atoms with Crippen LogP contribution in [0, 0.1) is 0 Å². The van der Waals surface area contributed by atoms with Crippen LogP contribution in [0.4, 0.5) is 0 Å². The molecule has 0 aliphatic heterocycles. The second-order valence-electron chi connectivity index (χ2n) is 6.40. The molecule has 2 heterocycles. The van der Waals surface area contributed by atoms with Gasteiger partial charge in [0, 0.05) is 17.6 Å². The van der Waals surface area contributed by atoms with Crippen molar-refractivity contribution in [1.29, 1.82) is 0 Å². The summed E-state index contributed by atoms with van der Waals surface area (Å²) in [6.45, 7) is 0.272. The van der Waals surface area contributed by atoms with Crippen LogP contribution >= 0.6 is 11.3 Å². The molecule has 26 heavy (non-hydrogen) atoms. The van der Waals surface area contributed by atoms with Gasteiger partial charge in [0.1, 0.15) is 5.75 Å². The molecule has 1 aromatic carbocycles. The molecule has 7 heteroatoms. The quantitative estimate of drug-likeness (QED) is 0.697. The number of hydrogen-bond acceptors (Lipinski definition) is 4. The summed E-state index contributed by atoms with van der Waals surface area (Å²) in [5.74, 6) is -1.28. The molecular formula is C19H18N2O4S. The highest BCUT2D eigenvalue weighted by Crippen LogP contribution is 2.44. The van der Waals surface area contributed by atoms with Gasteiger partial charge in [0.15, 0.2) is 6.61 Å². The zero-order chi connectivity index (χ0) is 18.3. The van der Waals surface area contributed by atoms with E-state index in [1.54, 1.807) is 17.4 Å². The van der Waals surface area contributed by atoms with Crippen molar-refractivity contribution in [3.63, 3.8) is 0 Å². The molecule has 2 aromatic heterocycles. The number of benzene rings is 1. The first-order valence-electron chi connectivity index (χ1n) is 8.35. The molecule has 0 spiro atoms. The zero-order valence-corrected chi connectivity index (χ0v) is 14.8. The van der Waals surface area contributed by atoms with E-state index in [2.05, 4.69) is 16.0 Å². The van der Waals surface area contributed by atoms with Gasteiger partial charge in [-0.25, -0.2) is 4.79 Å². The molecule has 3 N–H and O–H groups in total. The summed E-state index contributed by atoms with van der Waals surface area (Å²) < 4.78 is 7.72. The van der Waals surface area contributed by atoms with Gasteiger partial charge >= 0.3 is 5.97 Å². The molecule has 0 bridgehead atoms. The van der Waals surface area contributed by atoms with E-state index in [0.29, 0.717) is 18.7 Å². The van der Waals surface area contributed by atoms with Crippen LogP contribution in [-0.4, -0.2) is 28.2 Å². The molecule has 0 saturated carbocycles. The highest BCUT2D eigenvalue weighted by molar-refractivity contribution is 7.07. The maximum atomic E-state index is 12.0. The van der Waals surface area contributed by atoms with Crippen LogP contribution < -0.4 is 10.5 Å². The third-order valence-electron chi connectivity index (χ3n) is 4.83. The molecule has 1 amide bonds. The zero-order valence-electron chi connectivity index (χ0n) is 14.0. The fraction of sp³-hybridized carbons (Fsp3) is 0.263. The first-order valence-corrected chi connectivity index (χ1v) is 9.29. The number of aliphatic carboxylic acids is 1. The Morgan fingerprint density at radius 3 is 2.88 bits per heavy atom. The summed E-state index contributed by atoms with van der Waals surface area (Å²) in [6, 6.07) is 7.65. The van der Waals surface area contributed by atoms with E-state index in [1.807, 2.05) is 17.5 Å². The number of primary amides is 1. The van der Waals surface area contributed by atoms with Crippen LogP contribution in [0.5, 0.6) is 5.75 Å².